The number of halogens is 4. The number of likely N-dealkylation sites (tertiary alicyclic amines) is 1. The number of hydrogen-bond donors (Lipinski definition) is 0. The number of amides is 1. The van der Waals surface area contributed by atoms with E-state index in [0.29, 0.717) is 23.8 Å². The fourth-order valence-corrected chi connectivity index (χ4v) is 3.70. The maximum Gasteiger partial charge on any atom is 0.416 e. The molecule has 150 valence electrons. The van der Waals surface area contributed by atoms with E-state index in [2.05, 4.69) is 26.1 Å². The number of rotatable bonds is 4. The fourth-order valence-electron chi connectivity index (χ4n) is 3.30. The number of alkyl halides is 3. The van der Waals surface area contributed by atoms with E-state index in [1.807, 2.05) is 24.3 Å². The molecule has 1 unspecified atom stereocenters. The van der Waals surface area contributed by atoms with Crippen LogP contribution in [0.5, 0.6) is 0 Å². The molecule has 9 heteroatoms. The minimum Gasteiger partial charge on any atom is -0.339 e. The molecule has 2 aromatic carbocycles. The largest absolute Gasteiger partial charge is 0.416 e. The minimum atomic E-state index is -4.42. The zero-order valence-corrected chi connectivity index (χ0v) is 16.6. The van der Waals surface area contributed by atoms with Crippen LogP contribution in [-0.2, 0) is 17.5 Å². The number of benzene rings is 2. The van der Waals surface area contributed by atoms with Gasteiger partial charge in [-0.05, 0) is 29.8 Å². The highest BCUT2D eigenvalue weighted by Crippen LogP contribution is 2.32. The molecule has 0 radical (unpaired) electrons. The number of hydrogen-bond acceptors (Lipinski definition) is 4. The number of carbonyl (C=O) groups excluding carboxylic acids is 1. The Kier molecular flexibility index (Phi) is 5.16. The van der Waals surface area contributed by atoms with Gasteiger partial charge in [0, 0.05) is 29.5 Å². The summed E-state index contributed by atoms with van der Waals surface area (Å²) < 4.78 is 44.9. The van der Waals surface area contributed by atoms with E-state index in [9.17, 15) is 18.0 Å². The van der Waals surface area contributed by atoms with Crippen molar-refractivity contribution in [2.75, 3.05) is 6.54 Å². The first-order valence-corrected chi connectivity index (χ1v) is 9.62. The maximum atomic E-state index is 12.9. The quantitative estimate of drug-likeness (QED) is 0.541. The molecule has 0 N–H and O–H groups in total. The van der Waals surface area contributed by atoms with E-state index in [0.717, 1.165) is 22.2 Å². The average molecular weight is 466 g/mol. The number of aromatic nitrogens is 2. The molecule has 0 saturated carbocycles. The predicted molar refractivity (Wildman–Crippen MR) is 102 cm³/mol. The second kappa shape index (κ2) is 7.62. The Hall–Kier alpha value is -2.68. The SMILES string of the molecule is O=C1CC(c2nc(-c3cccc(Br)c3)no2)CN1Cc1cccc(C(F)(F)F)c1. The van der Waals surface area contributed by atoms with Crippen LogP contribution in [0, 0.1) is 0 Å². The van der Waals surface area contributed by atoms with Crippen molar-refractivity contribution >= 4 is 21.8 Å². The van der Waals surface area contributed by atoms with Crippen molar-refractivity contribution in [1.29, 1.82) is 0 Å². The van der Waals surface area contributed by atoms with E-state index < -0.39 is 11.7 Å². The van der Waals surface area contributed by atoms with Crippen molar-refractivity contribution in [2.45, 2.75) is 25.1 Å². The Labute approximate surface area is 172 Å². The van der Waals surface area contributed by atoms with Gasteiger partial charge in [0.1, 0.15) is 0 Å². The molecule has 0 aliphatic carbocycles. The average Bonchev–Trinajstić information content (AvgIpc) is 3.29. The van der Waals surface area contributed by atoms with Crippen molar-refractivity contribution in [3.8, 4) is 11.4 Å². The van der Waals surface area contributed by atoms with Crippen LogP contribution in [0.15, 0.2) is 57.5 Å². The van der Waals surface area contributed by atoms with Gasteiger partial charge in [-0.3, -0.25) is 4.79 Å². The molecule has 5 nitrogen and oxygen atoms in total. The molecule has 1 amide bonds. The third-order valence-electron chi connectivity index (χ3n) is 4.72. The van der Waals surface area contributed by atoms with E-state index in [-0.39, 0.29) is 24.8 Å². The van der Waals surface area contributed by atoms with Crippen molar-refractivity contribution in [3.63, 3.8) is 0 Å². The van der Waals surface area contributed by atoms with Crippen LogP contribution in [0.3, 0.4) is 0 Å². The summed E-state index contributed by atoms with van der Waals surface area (Å²) in [5, 5.41) is 3.98. The van der Waals surface area contributed by atoms with Crippen LogP contribution < -0.4 is 0 Å². The zero-order valence-electron chi connectivity index (χ0n) is 15.0. The molecule has 0 bridgehead atoms. The Morgan fingerprint density at radius 2 is 1.97 bits per heavy atom. The zero-order chi connectivity index (χ0) is 20.6. The van der Waals surface area contributed by atoms with Crippen molar-refractivity contribution in [2.24, 2.45) is 0 Å². The van der Waals surface area contributed by atoms with Gasteiger partial charge < -0.3 is 9.42 Å². The van der Waals surface area contributed by atoms with Crippen LogP contribution in [0.1, 0.15) is 29.4 Å². The lowest BCUT2D eigenvalue weighted by atomic mass is 10.1. The van der Waals surface area contributed by atoms with Gasteiger partial charge in [-0.25, -0.2) is 0 Å². The summed E-state index contributed by atoms with van der Waals surface area (Å²) in [5.41, 5.74) is 0.474. The molecule has 1 aliphatic rings. The van der Waals surface area contributed by atoms with E-state index in [1.165, 1.54) is 11.0 Å². The smallest absolute Gasteiger partial charge is 0.339 e. The van der Waals surface area contributed by atoms with Crippen molar-refractivity contribution in [1.82, 2.24) is 15.0 Å². The Bertz CT molecular complexity index is 1050. The molecule has 1 aliphatic heterocycles. The molecule has 4 rings (SSSR count). The topological polar surface area (TPSA) is 59.2 Å². The molecule has 0 spiro atoms. The second-order valence-electron chi connectivity index (χ2n) is 6.84. The first-order valence-electron chi connectivity index (χ1n) is 8.83. The van der Waals surface area contributed by atoms with Gasteiger partial charge in [0.15, 0.2) is 0 Å². The van der Waals surface area contributed by atoms with Crippen molar-refractivity contribution < 1.29 is 22.5 Å². The van der Waals surface area contributed by atoms with Gasteiger partial charge in [-0.2, -0.15) is 18.2 Å². The van der Waals surface area contributed by atoms with Crippen LogP contribution in [0.25, 0.3) is 11.4 Å². The van der Waals surface area contributed by atoms with Gasteiger partial charge in [0.25, 0.3) is 0 Å². The van der Waals surface area contributed by atoms with Crippen LogP contribution >= 0.6 is 15.9 Å². The van der Waals surface area contributed by atoms with E-state index in [1.54, 1.807) is 6.07 Å². The predicted octanol–water partition coefficient (Wildman–Crippen LogP) is 5.03. The molecule has 3 aromatic rings. The summed E-state index contributed by atoms with van der Waals surface area (Å²) >= 11 is 3.39. The van der Waals surface area contributed by atoms with Crippen LogP contribution in [-0.4, -0.2) is 27.5 Å². The normalized spacial score (nSPS) is 17.2. The molecule has 1 fully saturated rings. The Balaban J connectivity index is 1.48. The van der Waals surface area contributed by atoms with Gasteiger partial charge >= 0.3 is 6.18 Å². The first kappa shape index (κ1) is 19.6. The number of nitrogens with zero attached hydrogens (tertiary/aromatic N) is 3. The maximum absolute atomic E-state index is 12.9. The highest BCUT2D eigenvalue weighted by molar-refractivity contribution is 9.10. The lowest BCUT2D eigenvalue weighted by Gasteiger charge is -2.17. The highest BCUT2D eigenvalue weighted by Gasteiger charge is 2.35. The van der Waals surface area contributed by atoms with Gasteiger partial charge in [0.05, 0.1) is 11.5 Å². The van der Waals surface area contributed by atoms with Crippen LogP contribution in [0.4, 0.5) is 13.2 Å². The second-order valence-corrected chi connectivity index (χ2v) is 7.76. The third-order valence-corrected chi connectivity index (χ3v) is 5.21. The number of carbonyl (C=O) groups is 1. The third kappa shape index (κ3) is 4.34. The summed E-state index contributed by atoms with van der Waals surface area (Å²) in [4.78, 5) is 18.3. The summed E-state index contributed by atoms with van der Waals surface area (Å²) in [6.07, 6.45) is -4.24. The molecule has 2 heterocycles. The van der Waals surface area contributed by atoms with Gasteiger partial charge in [-0.1, -0.05) is 45.4 Å². The van der Waals surface area contributed by atoms with Crippen LogP contribution in [0.2, 0.25) is 0 Å². The summed E-state index contributed by atoms with van der Waals surface area (Å²) in [5.74, 6) is 0.321. The van der Waals surface area contributed by atoms with E-state index >= 15 is 0 Å². The molecular weight excluding hydrogens is 451 g/mol. The molecule has 1 atom stereocenters. The first-order chi connectivity index (χ1) is 13.8. The standard InChI is InChI=1S/C20H15BrF3N3O2/c21-16-6-2-4-13(8-16)18-25-19(29-26-18)14-9-17(28)27(11-14)10-12-3-1-5-15(7-12)20(22,23)24/h1-8,14H,9-11H2. The lowest BCUT2D eigenvalue weighted by molar-refractivity contribution is -0.137. The molecule has 29 heavy (non-hydrogen) atoms. The molecular formula is C20H15BrF3N3O2. The lowest BCUT2D eigenvalue weighted by Crippen LogP contribution is -2.24. The minimum absolute atomic E-state index is 0.103. The summed E-state index contributed by atoms with van der Waals surface area (Å²) in [6.45, 7) is 0.418. The van der Waals surface area contributed by atoms with Gasteiger partial charge in [0.2, 0.25) is 17.6 Å². The monoisotopic (exact) mass is 465 g/mol. The molecule has 1 saturated heterocycles. The van der Waals surface area contributed by atoms with Gasteiger partial charge in [-0.15, -0.1) is 0 Å². The fraction of sp³-hybridized carbons (Fsp3) is 0.250. The Morgan fingerprint density at radius 3 is 2.72 bits per heavy atom. The summed E-state index contributed by atoms with van der Waals surface area (Å²) in [6, 6.07) is 12.4. The van der Waals surface area contributed by atoms with E-state index in [4.69, 9.17) is 4.52 Å². The highest BCUT2D eigenvalue weighted by atomic mass is 79.9. The summed E-state index contributed by atoms with van der Waals surface area (Å²) in [7, 11) is 0. The molecule has 1 aromatic heterocycles. The van der Waals surface area contributed by atoms with Crippen molar-refractivity contribution in [3.05, 3.63) is 70.0 Å². The Morgan fingerprint density at radius 1 is 1.17 bits per heavy atom.